The number of carbonyl (C=O) groups is 3. The molecule has 1 heterocycles. The van der Waals surface area contributed by atoms with Gasteiger partial charge in [0.2, 0.25) is 5.91 Å². The Balaban J connectivity index is 2.14. The van der Waals surface area contributed by atoms with Crippen molar-refractivity contribution in [2.45, 2.75) is 31.9 Å². The van der Waals surface area contributed by atoms with Gasteiger partial charge in [0, 0.05) is 6.42 Å². The Kier molecular flexibility index (Phi) is 4.57. The molecule has 0 radical (unpaired) electrons. The van der Waals surface area contributed by atoms with Crippen LogP contribution in [-0.4, -0.2) is 35.8 Å². The molecule has 2 N–H and O–H groups in total. The van der Waals surface area contributed by atoms with Gasteiger partial charge in [0.15, 0.2) is 0 Å². The van der Waals surface area contributed by atoms with Gasteiger partial charge in [-0.05, 0) is 18.9 Å². The van der Waals surface area contributed by atoms with E-state index < -0.39 is 24.1 Å². The van der Waals surface area contributed by atoms with Gasteiger partial charge in [-0.1, -0.05) is 29.8 Å². The third-order valence-electron chi connectivity index (χ3n) is 3.52. The Bertz CT molecular complexity index is 558. The van der Waals surface area contributed by atoms with Crippen molar-refractivity contribution in [2.24, 2.45) is 5.73 Å². The summed E-state index contributed by atoms with van der Waals surface area (Å²) in [4.78, 5) is 35.2. The normalized spacial score (nSPS) is 19.2. The van der Waals surface area contributed by atoms with Crippen LogP contribution in [-0.2, 0) is 14.3 Å². The summed E-state index contributed by atoms with van der Waals surface area (Å²) in [5, 5.41) is 0. The highest BCUT2D eigenvalue weighted by atomic mass is 16.6. The highest BCUT2D eigenvalue weighted by Gasteiger charge is 2.38. The Morgan fingerprint density at radius 2 is 2.33 bits per heavy atom. The first-order valence-corrected chi connectivity index (χ1v) is 6.79. The molecule has 2 amide bonds. The Morgan fingerprint density at radius 1 is 1.57 bits per heavy atom. The fourth-order valence-electron chi connectivity index (χ4n) is 2.46. The van der Waals surface area contributed by atoms with Crippen LogP contribution in [0.15, 0.2) is 24.3 Å². The number of amides is 2. The summed E-state index contributed by atoms with van der Waals surface area (Å²) < 4.78 is 5.32. The molecular weight excluding hydrogens is 272 g/mol. The van der Waals surface area contributed by atoms with Crippen molar-refractivity contribution in [3.63, 3.8) is 0 Å². The van der Waals surface area contributed by atoms with Gasteiger partial charge in [0.05, 0.1) is 6.54 Å². The first kappa shape index (κ1) is 15.0. The molecule has 0 aromatic heterocycles. The number of cyclic esters (lactones) is 1. The van der Waals surface area contributed by atoms with E-state index in [1.54, 1.807) is 0 Å². The van der Waals surface area contributed by atoms with Crippen LogP contribution in [0.1, 0.15) is 30.1 Å². The highest BCUT2D eigenvalue weighted by molar-refractivity contribution is 5.85. The summed E-state index contributed by atoms with van der Waals surface area (Å²) in [6.45, 7) is 2.21. The number of hydrogen-bond acceptors (Lipinski definition) is 4. The second kappa shape index (κ2) is 6.39. The van der Waals surface area contributed by atoms with E-state index in [1.807, 2.05) is 31.2 Å². The van der Waals surface area contributed by atoms with Gasteiger partial charge >= 0.3 is 6.09 Å². The molecule has 2 unspecified atom stereocenters. The van der Waals surface area contributed by atoms with Crippen molar-refractivity contribution in [1.29, 1.82) is 0 Å². The maximum absolute atomic E-state index is 12.0. The maximum atomic E-state index is 12.0. The number of aryl methyl sites for hydroxylation is 1. The Hall–Kier alpha value is -2.37. The minimum atomic E-state index is -0.808. The predicted molar refractivity (Wildman–Crippen MR) is 75.4 cm³/mol. The van der Waals surface area contributed by atoms with Crippen LogP contribution in [0.2, 0.25) is 0 Å². The third-order valence-corrected chi connectivity index (χ3v) is 3.52. The molecule has 0 bridgehead atoms. The maximum Gasteiger partial charge on any atom is 0.411 e. The summed E-state index contributed by atoms with van der Waals surface area (Å²) in [5.41, 5.74) is 7.27. The molecule has 1 aliphatic rings. The molecule has 1 aromatic rings. The van der Waals surface area contributed by atoms with Gasteiger partial charge in [0.1, 0.15) is 18.4 Å². The summed E-state index contributed by atoms with van der Waals surface area (Å²) in [6.07, 6.45) is 0.0998. The van der Waals surface area contributed by atoms with E-state index in [9.17, 15) is 14.4 Å². The fourth-order valence-corrected chi connectivity index (χ4v) is 2.46. The van der Waals surface area contributed by atoms with Crippen molar-refractivity contribution in [2.75, 3.05) is 6.54 Å². The summed E-state index contributed by atoms with van der Waals surface area (Å²) >= 11 is 0. The first-order chi connectivity index (χ1) is 10.0. The molecule has 6 nitrogen and oxygen atoms in total. The molecule has 1 aliphatic heterocycles. The van der Waals surface area contributed by atoms with Crippen LogP contribution in [0.3, 0.4) is 0 Å². The van der Waals surface area contributed by atoms with Gasteiger partial charge in [-0.2, -0.15) is 0 Å². The van der Waals surface area contributed by atoms with Gasteiger partial charge in [-0.15, -0.1) is 0 Å². The van der Waals surface area contributed by atoms with E-state index >= 15 is 0 Å². The van der Waals surface area contributed by atoms with Gasteiger partial charge in [-0.3, -0.25) is 9.69 Å². The van der Waals surface area contributed by atoms with Crippen LogP contribution in [0, 0.1) is 6.92 Å². The average Bonchev–Trinajstić information content (AvgIpc) is 2.81. The van der Waals surface area contributed by atoms with Crippen molar-refractivity contribution >= 4 is 18.3 Å². The molecule has 2 rings (SSSR count). The molecule has 21 heavy (non-hydrogen) atoms. The molecular formula is C15H18N2O4. The van der Waals surface area contributed by atoms with Crippen LogP contribution < -0.4 is 5.73 Å². The minimum absolute atomic E-state index is 0.173. The van der Waals surface area contributed by atoms with E-state index in [4.69, 9.17) is 10.5 Å². The smallest absolute Gasteiger partial charge is 0.411 e. The third kappa shape index (κ3) is 3.39. The number of hydrogen-bond donors (Lipinski definition) is 1. The second-order valence-electron chi connectivity index (χ2n) is 5.10. The molecule has 0 saturated carbocycles. The molecule has 6 heteroatoms. The monoisotopic (exact) mass is 290 g/mol. The molecule has 0 aliphatic carbocycles. The number of aldehydes is 1. The average molecular weight is 290 g/mol. The van der Waals surface area contributed by atoms with Crippen molar-refractivity contribution in [3.8, 4) is 0 Å². The lowest BCUT2D eigenvalue weighted by Crippen LogP contribution is -2.45. The van der Waals surface area contributed by atoms with E-state index in [1.165, 1.54) is 4.90 Å². The quantitative estimate of drug-likeness (QED) is 0.800. The number of nitrogens with zero attached hydrogens (tertiary/aromatic N) is 1. The van der Waals surface area contributed by atoms with Crippen LogP contribution in [0.25, 0.3) is 0 Å². The van der Waals surface area contributed by atoms with Crippen LogP contribution >= 0.6 is 0 Å². The lowest BCUT2D eigenvalue weighted by Gasteiger charge is -2.21. The number of ether oxygens (including phenoxy) is 1. The molecule has 1 saturated heterocycles. The lowest BCUT2D eigenvalue weighted by atomic mass is 10.1. The first-order valence-electron chi connectivity index (χ1n) is 6.79. The standard InChI is InChI=1S/C15H18N2O4/c1-10-4-2-5-11(8-10)13-9-17(15(20)21-13)12(14(16)19)6-3-7-18/h2,4-5,7-8,12-13H,3,6,9H2,1H3,(H2,16,19). The van der Waals surface area contributed by atoms with Crippen molar-refractivity contribution < 1.29 is 19.1 Å². The number of nitrogens with two attached hydrogens (primary N) is 1. The van der Waals surface area contributed by atoms with Crippen molar-refractivity contribution in [1.82, 2.24) is 4.90 Å². The van der Waals surface area contributed by atoms with Crippen LogP contribution in [0.4, 0.5) is 4.79 Å². The molecule has 1 aromatic carbocycles. The summed E-state index contributed by atoms with van der Waals surface area (Å²) in [7, 11) is 0. The zero-order valence-corrected chi connectivity index (χ0v) is 11.8. The summed E-state index contributed by atoms with van der Waals surface area (Å²) in [5.74, 6) is -0.626. The van der Waals surface area contributed by atoms with E-state index in [2.05, 4.69) is 0 Å². The van der Waals surface area contributed by atoms with Gasteiger partial charge < -0.3 is 15.3 Å². The van der Waals surface area contributed by atoms with E-state index in [-0.39, 0.29) is 19.4 Å². The van der Waals surface area contributed by atoms with E-state index in [0.717, 1.165) is 11.1 Å². The molecule has 112 valence electrons. The number of carbonyl (C=O) groups excluding carboxylic acids is 3. The van der Waals surface area contributed by atoms with Gasteiger partial charge in [0.25, 0.3) is 0 Å². The van der Waals surface area contributed by atoms with Gasteiger partial charge in [-0.25, -0.2) is 4.79 Å². The molecule has 2 atom stereocenters. The summed E-state index contributed by atoms with van der Waals surface area (Å²) in [6, 6.07) is 6.84. The number of primary amides is 1. The highest BCUT2D eigenvalue weighted by Crippen LogP contribution is 2.28. The van der Waals surface area contributed by atoms with Crippen molar-refractivity contribution in [3.05, 3.63) is 35.4 Å². The lowest BCUT2D eigenvalue weighted by molar-refractivity contribution is -0.122. The Morgan fingerprint density at radius 3 is 2.95 bits per heavy atom. The minimum Gasteiger partial charge on any atom is -0.439 e. The van der Waals surface area contributed by atoms with Crippen LogP contribution in [0.5, 0.6) is 0 Å². The number of rotatable bonds is 6. The zero-order chi connectivity index (χ0) is 15.4. The number of benzene rings is 1. The topological polar surface area (TPSA) is 89.7 Å². The van der Waals surface area contributed by atoms with E-state index in [0.29, 0.717) is 6.29 Å². The predicted octanol–water partition coefficient (Wildman–Crippen LogP) is 1.32. The second-order valence-corrected chi connectivity index (χ2v) is 5.10. The zero-order valence-electron chi connectivity index (χ0n) is 11.8. The molecule has 1 fully saturated rings. The Labute approximate surface area is 122 Å². The molecule has 0 spiro atoms. The SMILES string of the molecule is Cc1cccc(C2CN(C(CCC=O)C(N)=O)C(=O)O2)c1. The largest absolute Gasteiger partial charge is 0.439 e. The fraction of sp³-hybridized carbons (Fsp3) is 0.400.